The van der Waals surface area contributed by atoms with E-state index in [1.54, 1.807) is 12.4 Å². The van der Waals surface area contributed by atoms with Gasteiger partial charge in [0.25, 0.3) is 0 Å². The van der Waals surface area contributed by atoms with E-state index >= 15 is 0 Å². The third-order valence-electron chi connectivity index (χ3n) is 3.95. The molecule has 28 heavy (non-hydrogen) atoms. The molecule has 4 aromatic rings. The van der Waals surface area contributed by atoms with Crippen LogP contribution in [0.25, 0.3) is 22.6 Å². The van der Waals surface area contributed by atoms with E-state index < -0.39 is 0 Å². The molecule has 0 unspecified atom stereocenters. The number of halogens is 2. The van der Waals surface area contributed by atoms with E-state index in [-0.39, 0.29) is 0 Å². The van der Waals surface area contributed by atoms with Gasteiger partial charge in [0.15, 0.2) is 0 Å². The van der Waals surface area contributed by atoms with Crippen LogP contribution >= 0.6 is 31.9 Å². The summed E-state index contributed by atoms with van der Waals surface area (Å²) < 4.78 is 13.6. The lowest BCUT2D eigenvalue weighted by atomic mass is 10.2. The summed E-state index contributed by atoms with van der Waals surface area (Å²) in [4.78, 5) is 0. The van der Waals surface area contributed by atoms with E-state index in [1.165, 1.54) is 0 Å². The fraction of sp³-hybridized carbons (Fsp3) is 0. The van der Waals surface area contributed by atoms with Crippen molar-refractivity contribution in [3.8, 4) is 22.6 Å². The Morgan fingerprint density at radius 3 is 1.32 bits per heavy atom. The molecule has 6 heteroatoms. The molecule has 0 aliphatic heterocycles. The normalized spacial score (nSPS) is 11.6. The molecule has 0 atom stereocenters. The minimum Gasteiger partial charge on any atom is -0.455 e. The zero-order valence-electron chi connectivity index (χ0n) is 14.5. The van der Waals surface area contributed by atoms with Gasteiger partial charge in [-0.05, 0) is 48.5 Å². The third kappa shape index (κ3) is 4.58. The van der Waals surface area contributed by atoms with Gasteiger partial charge in [-0.2, -0.15) is 10.2 Å². The Hall–Kier alpha value is -2.70. The number of benzene rings is 2. The van der Waals surface area contributed by atoms with Gasteiger partial charge in [0.05, 0.1) is 12.4 Å². The van der Waals surface area contributed by atoms with Crippen molar-refractivity contribution in [2.24, 2.45) is 10.2 Å². The van der Waals surface area contributed by atoms with Gasteiger partial charge in [-0.15, -0.1) is 0 Å². The molecule has 0 fully saturated rings. The van der Waals surface area contributed by atoms with E-state index in [0.29, 0.717) is 11.5 Å². The van der Waals surface area contributed by atoms with Crippen LogP contribution in [0.5, 0.6) is 0 Å². The van der Waals surface area contributed by atoms with Gasteiger partial charge in [-0.1, -0.05) is 56.1 Å². The molecule has 0 saturated heterocycles. The third-order valence-corrected chi connectivity index (χ3v) is 5.00. The van der Waals surface area contributed by atoms with Crippen molar-refractivity contribution in [1.29, 1.82) is 0 Å². The smallest absolute Gasteiger partial charge is 0.147 e. The predicted molar refractivity (Wildman–Crippen MR) is 119 cm³/mol. The van der Waals surface area contributed by atoms with Crippen molar-refractivity contribution in [2.45, 2.75) is 0 Å². The van der Waals surface area contributed by atoms with Crippen molar-refractivity contribution >= 4 is 44.3 Å². The van der Waals surface area contributed by atoms with Gasteiger partial charge in [0.1, 0.15) is 23.0 Å². The van der Waals surface area contributed by atoms with Crippen molar-refractivity contribution < 1.29 is 8.83 Å². The number of hydrogen-bond acceptors (Lipinski definition) is 4. The highest BCUT2D eigenvalue weighted by Gasteiger charge is 2.04. The first-order valence-corrected chi connectivity index (χ1v) is 10.0. The van der Waals surface area contributed by atoms with E-state index in [2.05, 4.69) is 42.1 Å². The Bertz CT molecular complexity index is 1030. The summed E-state index contributed by atoms with van der Waals surface area (Å²) >= 11 is 6.85. The zero-order valence-corrected chi connectivity index (χ0v) is 17.7. The maximum atomic E-state index is 5.77. The van der Waals surface area contributed by atoms with Gasteiger partial charge in [-0.3, -0.25) is 0 Å². The molecule has 0 aliphatic rings. The number of hydrogen-bond donors (Lipinski definition) is 0. The van der Waals surface area contributed by atoms with Crippen molar-refractivity contribution in [1.82, 2.24) is 0 Å². The summed E-state index contributed by atoms with van der Waals surface area (Å²) in [5.74, 6) is 2.82. The Morgan fingerprint density at radius 2 is 0.929 bits per heavy atom. The molecule has 2 aromatic heterocycles. The molecule has 0 saturated carbocycles. The molecular formula is C22H14Br2N2O2. The molecule has 4 nitrogen and oxygen atoms in total. The van der Waals surface area contributed by atoms with Gasteiger partial charge in [-0.25, -0.2) is 0 Å². The van der Waals surface area contributed by atoms with Crippen LogP contribution in [0.4, 0.5) is 0 Å². The summed E-state index contributed by atoms with van der Waals surface area (Å²) in [6.07, 6.45) is 3.13. The molecule has 2 heterocycles. The Kier molecular flexibility index (Phi) is 5.69. The number of rotatable bonds is 5. The average molecular weight is 498 g/mol. The first-order chi connectivity index (χ1) is 13.7. The Labute approximate surface area is 178 Å². The lowest BCUT2D eigenvalue weighted by Crippen LogP contribution is -1.77. The molecule has 4 rings (SSSR count). The van der Waals surface area contributed by atoms with Crippen molar-refractivity contribution in [3.05, 3.63) is 93.3 Å². The Morgan fingerprint density at radius 1 is 0.536 bits per heavy atom. The molecule has 2 aromatic carbocycles. The molecular weight excluding hydrogens is 484 g/mol. The van der Waals surface area contributed by atoms with E-state index in [4.69, 9.17) is 8.83 Å². The fourth-order valence-electron chi connectivity index (χ4n) is 2.56. The van der Waals surface area contributed by atoms with Gasteiger partial charge in [0, 0.05) is 20.1 Å². The molecule has 0 N–H and O–H groups in total. The fourth-order valence-corrected chi connectivity index (χ4v) is 3.09. The first kappa shape index (κ1) is 18.7. The summed E-state index contributed by atoms with van der Waals surface area (Å²) in [6, 6.07) is 23.4. The monoisotopic (exact) mass is 496 g/mol. The SMILES string of the molecule is Brc1ccc(-c2ccc(/C=N/N=C/c3ccc(-c4ccc(Br)cc4)o3)o2)cc1. The standard InChI is InChI=1S/C22H14Br2N2O2/c23-17-5-1-15(2-6-17)21-11-9-19(27-21)13-25-26-14-20-10-12-22(28-20)16-3-7-18(24)8-4-16/h1-14H/b25-13+,26-14+. The minimum absolute atomic E-state index is 0.630. The average Bonchev–Trinajstić information content (AvgIpc) is 3.36. The second-order valence-corrected chi connectivity index (χ2v) is 7.74. The summed E-state index contributed by atoms with van der Waals surface area (Å²) in [5.41, 5.74) is 2.00. The van der Waals surface area contributed by atoms with E-state index in [1.807, 2.05) is 72.8 Å². The van der Waals surface area contributed by atoms with Crippen LogP contribution in [0, 0.1) is 0 Å². The van der Waals surface area contributed by atoms with Gasteiger partial charge >= 0.3 is 0 Å². The number of nitrogens with zero attached hydrogens (tertiary/aromatic N) is 2. The van der Waals surface area contributed by atoms with Crippen LogP contribution in [0.3, 0.4) is 0 Å². The molecule has 0 aliphatic carbocycles. The zero-order chi connectivity index (χ0) is 19.3. The lowest BCUT2D eigenvalue weighted by Gasteiger charge is -1.96. The second kappa shape index (κ2) is 8.54. The molecule has 0 radical (unpaired) electrons. The van der Waals surface area contributed by atoms with Gasteiger partial charge < -0.3 is 8.83 Å². The topological polar surface area (TPSA) is 51.0 Å². The summed E-state index contributed by atoms with van der Waals surface area (Å²) in [5, 5.41) is 8.06. The quantitative estimate of drug-likeness (QED) is 0.216. The van der Waals surface area contributed by atoms with Crippen LogP contribution in [0.15, 0.2) is 101 Å². The molecule has 0 spiro atoms. The maximum absolute atomic E-state index is 5.77. The molecule has 138 valence electrons. The highest BCUT2D eigenvalue weighted by Crippen LogP contribution is 2.24. The summed E-state index contributed by atoms with van der Waals surface area (Å²) in [7, 11) is 0. The van der Waals surface area contributed by atoms with Crippen molar-refractivity contribution in [3.63, 3.8) is 0 Å². The van der Waals surface area contributed by atoms with Crippen molar-refractivity contribution in [2.75, 3.05) is 0 Å². The highest BCUT2D eigenvalue weighted by molar-refractivity contribution is 9.10. The lowest BCUT2D eigenvalue weighted by molar-refractivity contribution is 0.573. The first-order valence-electron chi connectivity index (χ1n) is 8.45. The largest absolute Gasteiger partial charge is 0.455 e. The van der Waals surface area contributed by atoms with Crippen LogP contribution in [-0.4, -0.2) is 12.4 Å². The maximum Gasteiger partial charge on any atom is 0.147 e. The minimum atomic E-state index is 0.630. The summed E-state index contributed by atoms with van der Waals surface area (Å²) in [6.45, 7) is 0. The van der Waals surface area contributed by atoms with Crippen LogP contribution in [0.2, 0.25) is 0 Å². The van der Waals surface area contributed by atoms with E-state index in [9.17, 15) is 0 Å². The van der Waals surface area contributed by atoms with Crippen LogP contribution in [-0.2, 0) is 0 Å². The number of furan rings is 2. The second-order valence-electron chi connectivity index (χ2n) is 5.91. The Balaban J connectivity index is 1.40. The van der Waals surface area contributed by atoms with Crippen LogP contribution < -0.4 is 0 Å². The molecule has 0 bridgehead atoms. The highest BCUT2D eigenvalue weighted by atomic mass is 79.9. The molecule has 0 amide bonds. The van der Waals surface area contributed by atoms with Crippen LogP contribution in [0.1, 0.15) is 11.5 Å². The van der Waals surface area contributed by atoms with E-state index in [0.717, 1.165) is 31.6 Å². The van der Waals surface area contributed by atoms with Gasteiger partial charge in [0.2, 0.25) is 0 Å². The predicted octanol–water partition coefficient (Wildman–Crippen LogP) is 7.18.